The van der Waals surface area contributed by atoms with Crippen molar-refractivity contribution >= 4 is 29.1 Å². The number of methoxy groups -OCH3 is 1. The van der Waals surface area contributed by atoms with Crippen molar-refractivity contribution < 1.29 is 24.2 Å². The Morgan fingerprint density at radius 2 is 2.14 bits per heavy atom. The van der Waals surface area contributed by atoms with Gasteiger partial charge in [0, 0.05) is 7.11 Å². The standard InChI is InChI=1S/C13H18N2O5S/c1-8(14-11(17)9-5-4-6-21-9)10(16)15-13(2,7-20-3)12(18)19/h4-6,8H,7H2,1-3H3,(H,14,17)(H,15,16)(H,18,19). The molecule has 21 heavy (non-hydrogen) atoms. The fourth-order valence-corrected chi connectivity index (χ4v) is 2.19. The number of carbonyl (C=O) groups is 3. The van der Waals surface area contributed by atoms with E-state index in [1.807, 2.05) is 0 Å². The van der Waals surface area contributed by atoms with Gasteiger partial charge in [0.1, 0.15) is 6.04 Å². The zero-order valence-electron chi connectivity index (χ0n) is 12.0. The lowest BCUT2D eigenvalue weighted by molar-refractivity contribution is -0.149. The third kappa shape index (κ3) is 4.54. The predicted molar refractivity (Wildman–Crippen MR) is 77.3 cm³/mol. The fraction of sp³-hybridized carbons (Fsp3) is 0.462. The second kappa shape index (κ2) is 7.19. The molecular formula is C13H18N2O5S. The molecule has 3 N–H and O–H groups in total. The highest BCUT2D eigenvalue weighted by Gasteiger charge is 2.36. The number of carboxylic acid groups (broad SMARTS) is 1. The highest BCUT2D eigenvalue weighted by atomic mass is 32.1. The van der Waals surface area contributed by atoms with Gasteiger partial charge < -0.3 is 20.5 Å². The van der Waals surface area contributed by atoms with Gasteiger partial charge in [-0.1, -0.05) is 6.07 Å². The van der Waals surface area contributed by atoms with E-state index < -0.39 is 23.5 Å². The molecule has 8 heteroatoms. The molecule has 0 aliphatic heterocycles. The molecule has 2 atom stereocenters. The number of hydrogen-bond donors (Lipinski definition) is 3. The van der Waals surface area contributed by atoms with Crippen molar-refractivity contribution in [1.29, 1.82) is 0 Å². The van der Waals surface area contributed by atoms with E-state index in [2.05, 4.69) is 10.6 Å². The topological polar surface area (TPSA) is 105 Å². The minimum Gasteiger partial charge on any atom is -0.479 e. The van der Waals surface area contributed by atoms with Gasteiger partial charge in [0.15, 0.2) is 5.54 Å². The van der Waals surface area contributed by atoms with Crippen LogP contribution in [0.15, 0.2) is 17.5 Å². The third-order valence-electron chi connectivity index (χ3n) is 2.79. The first-order valence-corrected chi connectivity index (χ1v) is 7.07. The molecule has 1 aromatic heterocycles. The van der Waals surface area contributed by atoms with Crippen LogP contribution in [0, 0.1) is 0 Å². The van der Waals surface area contributed by atoms with Crippen LogP contribution in [0.4, 0.5) is 0 Å². The first kappa shape index (κ1) is 17.1. The number of hydrogen-bond acceptors (Lipinski definition) is 5. The van der Waals surface area contributed by atoms with E-state index in [1.165, 1.54) is 32.3 Å². The molecule has 1 heterocycles. The number of amides is 2. The minimum atomic E-state index is -1.55. The van der Waals surface area contributed by atoms with E-state index in [1.54, 1.807) is 17.5 Å². The van der Waals surface area contributed by atoms with Crippen LogP contribution < -0.4 is 10.6 Å². The van der Waals surface area contributed by atoms with Gasteiger partial charge in [-0.15, -0.1) is 11.3 Å². The van der Waals surface area contributed by atoms with Crippen LogP contribution >= 0.6 is 11.3 Å². The highest BCUT2D eigenvalue weighted by Crippen LogP contribution is 2.09. The molecule has 0 aliphatic carbocycles. The van der Waals surface area contributed by atoms with Gasteiger partial charge in [-0.25, -0.2) is 4.79 Å². The summed E-state index contributed by atoms with van der Waals surface area (Å²) in [6.45, 7) is 2.64. The van der Waals surface area contributed by atoms with Crippen molar-refractivity contribution in [2.24, 2.45) is 0 Å². The summed E-state index contributed by atoms with van der Waals surface area (Å²) in [7, 11) is 1.34. The molecule has 0 aromatic carbocycles. The molecule has 116 valence electrons. The van der Waals surface area contributed by atoms with Crippen LogP contribution in [0.1, 0.15) is 23.5 Å². The SMILES string of the molecule is COCC(C)(NC(=O)C(C)NC(=O)c1cccs1)C(=O)O. The van der Waals surface area contributed by atoms with E-state index in [4.69, 9.17) is 9.84 Å². The maximum Gasteiger partial charge on any atom is 0.331 e. The average Bonchev–Trinajstić information content (AvgIpc) is 2.92. The Morgan fingerprint density at radius 3 is 2.62 bits per heavy atom. The lowest BCUT2D eigenvalue weighted by Crippen LogP contribution is -2.59. The van der Waals surface area contributed by atoms with Crippen molar-refractivity contribution in [3.63, 3.8) is 0 Å². The molecule has 0 radical (unpaired) electrons. The number of carbonyl (C=O) groups excluding carboxylic acids is 2. The quantitative estimate of drug-likeness (QED) is 0.678. The Bertz CT molecular complexity index is 517. The van der Waals surface area contributed by atoms with Crippen LogP contribution in [0.3, 0.4) is 0 Å². The van der Waals surface area contributed by atoms with Gasteiger partial charge in [0.2, 0.25) is 5.91 Å². The summed E-state index contributed by atoms with van der Waals surface area (Å²) in [6, 6.07) is 2.50. The number of nitrogens with one attached hydrogen (secondary N) is 2. The summed E-state index contributed by atoms with van der Waals surface area (Å²) >= 11 is 1.25. The molecule has 0 spiro atoms. The van der Waals surface area contributed by atoms with E-state index in [0.29, 0.717) is 4.88 Å². The van der Waals surface area contributed by atoms with Crippen LogP contribution in [-0.2, 0) is 14.3 Å². The average molecular weight is 314 g/mol. The van der Waals surface area contributed by atoms with Crippen molar-refractivity contribution in [2.45, 2.75) is 25.4 Å². The Hall–Kier alpha value is -1.93. The van der Waals surface area contributed by atoms with Crippen LogP contribution in [0.25, 0.3) is 0 Å². The van der Waals surface area contributed by atoms with Gasteiger partial charge in [-0.2, -0.15) is 0 Å². The molecule has 0 aliphatic rings. The summed E-state index contributed by atoms with van der Waals surface area (Å²) in [6.07, 6.45) is 0. The smallest absolute Gasteiger partial charge is 0.331 e. The molecule has 0 saturated heterocycles. The van der Waals surface area contributed by atoms with Crippen molar-refractivity contribution in [3.05, 3.63) is 22.4 Å². The van der Waals surface area contributed by atoms with Crippen molar-refractivity contribution in [1.82, 2.24) is 10.6 Å². The zero-order valence-corrected chi connectivity index (χ0v) is 12.8. The van der Waals surface area contributed by atoms with Crippen molar-refractivity contribution in [2.75, 3.05) is 13.7 Å². The molecule has 0 fully saturated rings. The van der Waals surface area contributed by atoms with Gasteiger partial charge in [-0.3, -0.25) is 9.59 Å². The van der Waals surface area contributed by atoms with Crippen molar-refractivity contribution in [3.8, 4) is 0 Å². The minimum absolute atomic E-state index is 0.181. The van der Waals surface area contributed by atoms with Gasteiger partial charge in [0.05, 0.1) is 11.5 Å². The maximum absolute atomic E-state index is 12.0. The predicted octanol–water partition coefficient (Wildman–Crippen LogP) is 0.472. The van der Waals surface area contributed by atoms with Crippen LogP contribution in [0.2, 0.25) is 0 Å². The zero-order chi connectivity index (χ0) is 16.0. The lowest BCUT2D eigenvalue weighted by atomic mass is 10.0. The third-order valence-corrected chi connectivity index (χ3v) is 3.66. The molecule has 0 saturated carbocycles. The van der Waals surface area contributed by atoms with Crippen LogP contribution in [-0.4, -0.2) is 48.2 Å². The lowest BCUT2D eigenvalue weighted by Gasteiger charge is -2.27. The largest absolute Gasteiger partial charge is 0.479 e. The van der Waals surface area contributed by atoms with Gasteiger partial charge >= 0.3 is 5.97 Å². The first-order valence-electron chi connectivity index (χ1n) is 6.19. The molecule has 0 bridgehead atoms. The summed E-state index contributed by atoms with van der Waals surface area (Å²) in [5.74, 6) is -2.19. The number of aliphatic carboxylic acids is 1. The van der Waals surface area contributed by atoms with Gasteiger partial charge in [0.25, 0.3) is 5.91 Å². The Labute approximate surface area is 126 Å². The summed E-state index contributed by atoms with van der Waals surface area (Å²) in [5.41, 5.74) is -1.55. The Kier molecular flexibility index (Phi) is 5.86. The normalized spacial score (nSPS) is 14.8. The number of rotatable bonds is 7. The van der Waals surface area contributed by atoms with Gasteiger partial charge in [-0.05, 0) is 25.3 Å². The second-order valence-electron chi connectivity index (χ2n) is 4.73. The highest BCUT2D eigenvalue weighted by molar-refractivity contribution is 7.12. The molecular weight excluding hydrogens is 296 g/mol. The first-order chi connectivity index (χ1) is 9.80. The number of carboxylic acids is 1. The van der Waals surface area contributed by atoms with E-state index >= 15 is 0 Å². The Balaban J connectivity index is 2.65. The van der Waals surface area contributed by atoms with E-state index in [0.717, 1.165) is 0 Å². The summed E-state index contributed by atoms with van der Waals surface area (Å²) in [4.78, 5) is 35.5. The monoisotopic (exact) mass is 314 g/mol. The molecule has 2 amide bonds. The Morgan fingerprint density at radius 1 is 1.48 bits per heavy atom. The second-order valence-corrected chi connectivity index (χ2v) is 5.68. The van der Waals surface area contributed by atoms with Crippen LogP contribution in [0.5, 0.6) is 0 Å². The fourth-order valence-electron chi connectivity index (χ4n) is 1.56. The number of thiophene rings is 1. The molecule has 1 rings (SSSR count). The maximum atomic E-state index is 12.0. The summed E-state index contributed by atoms with van der Waals surface area (Å²) < 4.78 is 4.81. The van der Waals surface area contributed by atoms with E-state index in [9.17, 15) is 14.4 Å². The van der Waals surface area contributed by atoms with E-state index in [-0.39, 0.29) is 12.5 Å². The molecule has 1 aromatic rings. The summed E-state index contributed by atoms with van der Waals surface area (Å²) in [5, 5.41) is 15.8. The molecule has 2 unspecified atom stereocenters. The number of ether oxygens (including phenoxy) is 1. The molecule has 7 nitrogen and oxygen atoms in total.